The molecule has 0 amide bonds. The molecular weight excluding hydrogens is 421 g/mol. The number of sulfonamides is 1. The third kappa shape index (κ3) is 6.41. The molecule has 0 radical (unpaired) electrons. The first-order valence-electron chi connectivity index (χ1n) is 9.94. The van der Waals surface area contributed by atoms with Gasteiger partial charge in [-0.05, 0) is 48.8 Å². The maximum Gasteiger partial charge on any atom is 0.239 e. The van der Waals surface area contributed by atoms with E-state index in [0.717, 1.165) is 10.6 Å². The summed E-state index contributed by atoms with van der Waals surface area (Å²) in [6.45, 7) is 5.57. The van der Waals surface area contributed by atoms with Crippen LogP contribution in [-0.2, 0) is 14.8 Å². The van der Waals surface area contributed by atoms with Crippen LogP contribution in [0.1, 0.15) is 50.8 Å². The molecule has 1 atom stereocenters. The van der Waals surface area contributed by atoms with Crippen LogP contribution >= 0.6 is 0 Å². The zero-order valence-corrected chi connectivity index (χ0v) is 19.1. The van der Waals surface area contributed by atoms with Crippen LogP contribution in [0.25, 0.3) is 17.3 Å². The number of carbonyl (C=O) groups is 1. The second kappa shape index (κ2) is 10.1. The van der Waals surface area contributed by atoms with Gasteiger partial charge in [0.25, 0.3) is 0 Å². The summed E-state index contributed by atoms with van der Waals surface area (Å²) in [6.07, 6.45) is 3.72. The standard InChI is InChI=1S/C22H28FN3O4S/c1-6-17(27)13-18(28)11-12-19-20(14(2)3)24-22(26(4)31(5,29)30)25-21(19)15-7-9-16(23)10-8-15/h7-12,14,17,27H,6,13H2,1-5H3/b12-11+. The van der Waals surface area contributed by atoms with E-state index < -0.39 is 21.9 Å². The average Bonchev–Trinajstić information content (AvgIpc) is 2.70. The number of nitrogens with zero attached hydrogens (tertiary/aromatic N) is 3. The van der Waals surface area contributed by atoms with Crippen molar-refractivity contribution >= 4 is 27.8 Å². The van der Waals surface area contributed by atoms with Crippen LogP contribution in [0.4, 0.5) is 10.3 Å². The molecule has 2 aromatic rings. The van der Waals surface area contributed by atoms with Gasteiger partial charge in [0, 0.05) is 24.6 Å². The predicted molar refractivity (Wildman–Crippen MR) is 120 cm³/mol. The number of rotatable bonds is 9. The lowest BCUT2D eigenvalue weighted by molar-refractivity contribution is -0.116. The Morgan fingerprint density at radius 1 is 1.23 bits per heavy atom. The third-order valence-electron chi connectivity index (χ3n) is 4.75. The molecule has 0 spiro atoms. The summed E-state index contributed by atoms with van der Waals surface area (Å²) in [5.74, 6) is -0.817. The van der Waals surface area contributed by atoms with Crippen LogP contribution in [0, 0.1) is 5.82 Å². The lowest BCUT2D eigenvalue weighted by Gasteiger charge is -2.20. The summed E-state index contributed by atoms with van der Waals surface area (Å²) < 4.78 is 38.6. The molecule has 168 valence electrons. The summed E-state index contributed by atoms with van der Waals surface area (Å²) in [6, 6.07) is 5.63. The lowest BCUT2D eigenvalue weighted by Crippen LogP contribution is -2.27. The van der Waals surface area contributed by atoms with Crippen LogP contribution < -0.4 is 4.31 Å². The van der Waals surface area contributed by atoms with Gasteiger partial charge in [-0.2, -0.15) is 0 Å². The molecule has 0 aliphatic heterocycles. The van der Waals surface area contributed by atoms with Crippen molar-refractivity contribution in [2.75, 3.05) is 17.6 Å². The van der Waals surface area contributed by atoms with Gasteiger partial charge in [0.15, 0.2) is 5.78 Å². The number of aliphatic hydroxyl groups excluding tert-OH is 1. The number of hydrogen-bond donors (Lipinski definition) is 1. The van der Waals surface area contributed by atoms with Crippen LogP contribution in [0.3, 0.4) is 0 Å². The molecule has 1 aromatic carbocycles. The van der Waals surface area contributed by atoms with Crippen molar-refractivity contribution in [3.8, 4) is 11.3 Å². The van der Waals surface area contributed by atoms with Gasteiger partial charge in [0.05, 0.1) is 23.7 Å². The molecular formula is C22H28FN3O4S. The van der Waals surface area contributed by atoms with E-state index >= 15 is 0 Å². The monoisotopic (exact) mass is 449 g/mol. The van der Waals surface area contributed by atoms with E-state index in [1.807, 2.05) is 13.8 Å². The number of benzene rings is 1. The van der Waals surface area contributed by atoms with Crippen molar-refractivity contribution in [2.45, 2.75) is 45.6 Å². The molecule has 1 aromatic heterocycles. The van der Waals surface area contributed by atoms with Gasteiger partial charge in [-0.1, -0.05) is 20.8 Å². The van der Waals surface area contributed by atoms with Gasteiger partial charge in [-0.25, -0.2) is 27.1 Å². The number of halogens is 1. The van der Waals surface area contributed by atoms with E-state index in [4.69, 9.17) is 0 Å². The summed E-state index contributed by atoms with van der Waals surface area (Å²) in [4.78, 5) is 21.1. The van der Waals surface area contributed by atoms with Gasteiger partial charge in [-0.15, -0.1) is 0 Å². The molecule has 2 rings (SSSR count). The highest BCUT2D eigenvalue weighted by Crippen LogP contribution is 2.31. The first kappa shape index (κ1) is 24.6. The van der Waals surface area contributed by atoms with Gasteiger partial charge >= 0.3 is 0 Å². The molecule has 1 heterocycles. The molecule has 0 aliphatic rings. The molecule has 0 saturated heterocycles. The minimum atomic E-state index is -3.61. The van der Waals surface area contributed by atoms with Gasteiger partial charge in [-0.3, -0.25) is 4.79 Å². The van der Waals surface area contributed by atoms with Crippen LogP contribution in [0.15, 0.2) is 30.3 Å². The summed E-state index contributed by atoms with van der Waals surface area (Å²) in [5, 5.41) is 9.72. The van der Waals surface area contributed by atoms with Crippen molar-refractivity contribution in [3.05, 3.63) is 47.4 Å². The predicted octanol–water partition coefficient (Wildman–Crippen LogP) is 3.55. The smallest absolute Gasteiger partial charge is 0.239 e. The lowest BCUT2D eigenvalue weighted by atomic mass is 9.97. The fourth-order valence-electron chi connectivity index (χ4n) is 2.82. The minimum Gasteiger partial charge on any atom is -0.393 e. The number of allylic oxidation sites excluding steroid dienone is 1. The Kier molecular flexibility index (Phi) is 8.02. The fourth-order valence-corrected chi connectivity index (χ4v) is 3.20. The zero-order valence-electron chi connectivity index (χ0n) is 18.3. The average molecular weight is 450 g/mol. The molecule has 1 unspecified atom stereocenters. The number of carbonyl (C=O) groups excluding carboxylic acids is 1. The first-order chi connectivity index (χ1) is 14.4. The van der Waals surface area contributed by atoms with E-state index in [-0.39, 0.29) is 24.1 Å². The van der Waals surface area contributed by atoms with E-state index in [1.165, 1.54) is 37.4 Å². The van der Waals surface area contributed by atoms with E-state index in [0.29, 0.717) is 28.9 Å². The third-order valence-corrected chi connectivity index (χ3v) is 5.91. The highest BCUT2D eigenvalue weighted by Gasteiger charge is 2.22. The first-order valence-corrected chi connectivity index (χ1v) is 11.8. The Bertz CT molecular complexity index is 1070. The van der Waals surface area contributed by atoms with Crippen molar-refractivity contribution < 1.29 is 22.7 Å². The van der Waals surface area contributed by atoms with E-state index in [2.05, 4.69) is 9.97 Å². The molecule has 31 heavy (non-hydrogen) atoms. The van der Waals surface area contributed by atoms with E-state index in [9.17, 15) is 22.7 Å². The second-order valence-electron chi connectivity index (χ2n) is 7.63. The quantitative estimate of drug-likeness (QED) is 0.588. The summed E-state index contributed by atoms with van der Waals surface area (Å²) in [7, 11) is -2.26. The molecule has 0 saturated carbocycles. The Morgan fingerprint density at radius 2 is 1.84 bits per heavy atom. The van der Waals surface area contributed by atoms with Crippen LogP contribution in [0.5, 0.6) is 0 Å². The van der Waals surface area contributed by atoms with Crippen molar-refractivity contribution in [2.24, 2.45) is 0 Å². The largest absolute Gasteiger partial charge is 0.393 e. The second-order valence-corrected chi connectivity index (χ2v) is 9.64. The number of anilines is 1. The highest BCUT2D eigenvalue weighted by molar-refractivity contribution is 7.92. The van der Waals surface area contributed by atoms with Gasteiger partial charge in [0.2, 0.25) is 16.0 Å². The van der Waals surface area contributed by atoms with Gasteiger partial charge < -0.3 is 5.11 Å². The van der Waals surface area contributed by atoms with Crippen LogP contribution in [-0.4, -0.2) is 48.7 Å². The van der Waals surface area contributed by atoms with Gasteiger partial charge in [0.1, 0.15) is 5.82 Å². The Labute approximate surface area is 182 Å². The molecule has 0 aliphatic carbocycles. The number of ketones is 1. The molecule has 0 fully saturated rings. The molecule has 7 nitrogen and oxygen atoms in total. The number of aromatic nitrogens is 2. The van der Waals surface area contributed by atoms with Crippen LogP contribution in [0.2, 0.25) is 0 Å². The zero-order chi connectivity index (χ0) is 23.3. The molecule has 1 N–H and O–H groups in total. The summed E-state index contributed by atoms with van der Waals surface area (Å²) in [5.41, 5.74) is 2.00. The minimum absolute atomic E-state index is 0.00828. The van der Waals surface area contributed by atoms with E-state index in [1.54, 1.807) is 13.0 Å². The van der Waals surface area contributed by atoms with Crippen molar-refractivity contribution in [1.29, 1.82) is 0 Å². The summed E-state index contributed by atoms with van der Waals surface area (Å²) >= 11 is 0. The molecule has 9 heteroatoms. The Balaban J connectivity index is 2.70. The maximum absolute atomic E-state index is 13.5. The van der Waals surface area contributed by atoms with Crippen molar-refractivity contribution in [3.63, 3.8) is 0 Å². The number of aliphatic hydroxyl groups is 1. The Hall–Kier alpha value is -2.65. The SMILES string of the molecule is CCC(O)CC(=O)/C=C/c1c(-c2ccc(F)cc2)nc(N(C)S(C)(=O)=O)nc1C(C)C. The molecule has 0 bridgehead atoms. The topological polar surface area (TPSA) is 100 Å². The number of hydrogen-bond acceptors (Lipinski definition) is 6. The van der Waals surface area contributed by atoms with Crippen molar-refractivity contribution in [1.82, 2.24) is 9.97 Å². The maximum atomic E-state index is 13.5. The normalized spacial score (nSPS) is 13.0. The Morgan fingerprint density at radius 3 is 2.35 bits per heavy atom. The highest BCUT2D eigenvalue weighted by atomic mass is 32.2. The fraction of sp³-hybridized carbons (Fsp3) is 0.409.